The molecule has 0 bridgehead atoms. The first-order chi connectivity index (χ1) is 10.1. The number of nitrogens with zero attached hydrogens (tertiary/aromatic N) is 3. The highest BCUT2D eigenvalue weighted by atomic mass is 79.9. The average Bonchev–Trinajstić information content (AvgIpc) is 2.85. The van der Waals surface area contributed by atoms with E-state index in [9.17, 15) is 0 Å². The van der Waals surface area contributed by atoms with Gasteiger partial charge in [-0.15, -0.1) is 0 Å². The predicted octanol–water partition coefficient (Wildman–Crippen LogP) is 3.65. The van der Waals surface area contributed by atoms with E-state index in [-0.39, 0.29) is 6.04 Å². The number of benzene rings is 1. The molecule has 4 nitrogen and oxygen atoms in total. The van der Waals surface area contributed by atoms with Gasteiger partial charge in [0.05, 0.1) is 0 Å². The van der Waals surface area contributed by atoms with Crippen molar-refractivity contribution in [1.82, 2.24) is 20.1 Å². The maximum absolute atomic E-state index is 4.43. The van der Waals surface area contributed by atoms with Crippen LogP contribution in [-0.2, 0) is 13.0 Å². The van der Waals surface area contributed by atoms with Crippen molar-refractivity contribution in [3.05, 3.63) is 46.0 Å². The molecule has 0 saturated heterocycles. The number of hydrogen-bond donors (Lipinski definition) is 1. The van der Waals surface area contributed by atoms with Crippen molar-refractivity contribution in [2.75, 3.05) is 6.54 Å². The zero-order valence-corrected chi connectivity index (χ0v) is 14.5. The molecule has 1 unspecified atom stereocenters. The van der Waals surface area contributed by atoms with Crippen molar-refractivity contribution in [3.8, 4) is 0 Å². The SMILES string of the molecule is CCCn1ncnc1CC(NCC)c1cc(C)cc(Br)c1. The Morgan fingerprint density at radius 3 is 2.76 bits per heavy atom. The van der Waals surface area contributed by atoms with Crippen LogP contribution in [0.2, 0.25) is 0 Å². The number of aryl methyl sites for hydroxylation is 2. The van der Waals surface area contributed by atoms with Crippen molar-refractivity contribution in [3.63, 3.8) is 0 Å². The molecule has 0 spiro atoms. The molecule has 1 heterocycles. The lowest BCUT2D eigenvalue weighted by Crippen LogP contribution is -2.24. The van der Waals surface area contributed by atoms with Gasteiger partial charge in [-0.25, -0.2) is 4.98 Å². The van der Waals surface area contributed by atoms with Crippen LogP contribution in [0.15, 0.2) is 29.0 Å². The van der Waals surface area contributed by atoms with Crippen molar-refractivity contribution < 1.29 is 0 Å². The first-order valence-electron chi connectivity index (χ1n) is 7.51. The molecule has 0 saturated carbocycles. The molecule has 2 rings (SSSR count). The number of hydrogen-bond acceptors (Lipinski definition) is 3. The van der Waals surface area contributed by atoms with Gasteiger partial charge in [0.2, 0.25) is 0 Å². The summed E-state index contributed by atoms with van der Waals surface area (Å²) in [4.78, 5) is 4.43. The van der Waals surface area contributed by atoms with Gasteiger partial charge in [-0.1, -0.05) is 35.8 Å². The zero-order valence-electron chi connectivity index (χ0n) is 12.9. The van der Waals surface area contributed by atoms with E-state index in [0.717, 1.165) is 36.2 Å². The molecule has 114 valence electrons. The van der Waals surface area contributed by atoms with E-state index in [1.165, 1.54) is 11.1 Å². The predicted molar refractivity (Wildman–Crippen MR) is 89.3 cm³/mol. The molecule has 1 aromatic heterocycles. The summed E-state index contributed by atoms with van der Waals surface area (Å²) in [5.41, 5.74) is 2.55. The standard InChI is InChI=1S/C16H23BrN4/c1-4-6-21-16(19-11-20-21)10-15(18-5-2)13-7-12(3)8-14(17)9-13/h7-9,11,15,18H,4-6,10H2,1-3H3. The molecule has 0 aliphatic heterocycles. The highest BCUT2D eigenvalue weighted by molar-refractivity contribution is 9.10. The molecule has 0 aliphatic carbocycles. The van der Waals surface area contributed by atoms with Gasteiger partial charge in [0.25, 0.3) is 0 Å². The van der Waals surface area contributed by atoms with E-state index in [1.54, 1.807) is 6.33 Å². The quantitative estimate of drug-likeness (QED) is 0.828. The van der Waals surface area contributed by atoms with Crippen LogP contribution in [0, 0.1) is 6.92 Å². The lowest BCUT2D eigenvalue weighted by molar-refractivity contribution is 0.498. The lowest BCUT2D eigenvalue weighted by atomic mass is 10.0. The molecule has 1 atom stereocenters. The minimum atomic E-state index is 0.256. The fraction of sp³-hybridized carbons (Fsp3) is 0.500. The van der Waals surface area contributed by atoms with Gasteiger partial charge in [-0.3, -0.25) is 4.68 Å². The maximum Gasteiger partial charge on any atom is 0.138 e. The first kappa shape index (κ1) is 16.2. The minimum absolute atomic E-state index is 0.256. The lowest BCUT2D eigenvalue weighted by Gasteiger charge is -2.19. The van der Waals surface area contributed by atoms with Crippen LogP contribution in [0.4, 0.5) is 0 Å². The van der Waals surface area contributed by atoms with Gasteiger partial charge >= 0.3 is 0 Å². The Morgan fingerprint density at radius 1 is 1.29 bits per heavy atom. The van der Waals surface area contributed by atoms with E-state index in [1.807, 2.05) is 4.68 Å². The van der Waals surface area contributed by atoms with Gasteiger partial charge in [0.1, 0.15) is 12.2 Å². The molecule has 1 aromatic carbocycles. The summed E-state index contributed by atoms with van der Waals surface area (Å²) in [6, 6.07) is 6.80. The van der Waals surface area contributed by atoms with E-state index < -0.39 is 0 Å². The molecule has 1 N–H and O–H groups in total. The molecule has 0 fully saturated rings. The van der Waals surface area contributed by atoms with Crippen molar-refractivity contribution in [2.24, 2.45) is 0 Å². The summed E-state index contributed by atoms with van der Waals surface area (Å²) < 4.78 is 3.13. The van der Waals surface area contributed by atoms with E-state index in [2.05, 4.69) is 70.3 Å². The Balaban J connectivity index is 2.24. The second kappa shape index (κ2) is 7.71. The van der Waals surface area contributed by atoms with Crippen LogP contribution in [0.3, 0.4) is 0 Å². The normalized spacial score (nSPS) is 12.6. The Bertz CT molecular complexity index is 559. The van der Waals surface area contributed by atoms with Gasteiger partial charge < -0.3 is 5.32 Å². The Morgan fingerprint density at radius 2 is 2.10 bits per heavy atom. The summed E-state index contributed by atoms with van der Waals surface area (Å²) in [5.74, 6) is 1.04. The number of halogens is 1. The molecule has 0 radical (unpaired) electrons. The maximum atomic E-state index is 4.43. The van der Waals surface area contributed by atoms with E-state index in [0.29, 0.717) is 0 Å². The zero-order chi connectivity index (χ0) is 15.2. The van der Waals surface area contributed by atoms with Gasteiger partial charge in [0.15, 0.2) is 0 Å². The summed E-state index contributed by atoms with van der Waals surface area (Å²) in [7, 11) is 0. The molecule has 0 aliphatic rings. The summed E-state index contributed by atoms with van der Waals surface area (Å²) >= 11 is 3.59. The number of likely N-dealkylation sites (N-methyl/N-ethyl adjacent to an activating group) is 1. The molecular weight excluding hydrogens is 328 g/mol. The number of rotatable bonds is 7. The van der Waals surface area contributed by atoms with Crippen LogP contribution >= 0.6 is 15.9 Å². The largest absolute Gasteiger partial charge is 0.310 e. The van der Waals surface area contributed by atoms with Crippen LogP contribution < -0.4 is 5.32 Å². The highest BCUT2D eigenvalue weighted by Crippen LogP contribution is 2.23. The van der Waals surface area contributed by atoms with Gasteiger partial charge in [0, 0.05) is 23.5 Å². The van der Waals surface area contributed by atoms with E-state index in [4.69, 9.17) is 0 Å². The molecule has 21 heavy (non-hydrogen) atoms. The third-order valence-electron chi connectivity index (χ3n) is 3.44. The minimum Gasteiger partial charge on any atom is -0.310 e. The number of nitrogens with one attached hydrogen (secondary N) is 1. The first-order valence-corrected chi connectivity index (χ1v) is 8.30. The third-order valence-corrected chi connectivity index (χ3v) is 3.89. The van der Waals surface area contributed by atoms with Gasteiger partial charge in [-0.05, 0) is 43.1 Å². The topological polar surface area (TPSA) is 42.7 Å². The molecule has 0 amide bonds. The molecule has 5 heteroatoms. The van der Waals surface area contributed by atoms with Crippen molar-refractivity contribution in [1.29, 1.82) is 0 Å². The second-order valence-corrected chi connectivity index (χ2v) is 6.19. The monoisotopic (exact) mass is 350 g/mol. The summed E-state index contributed by atoms with van der Waals surface area (Å²) in [5, 5.41) is 7.88. The van der Waals surface area contributed by atoms with Crippen LogP contribution in [0.5, 0.6) is 0 Å². The van der Waals surface area contributed by atoms with Crippen LogP contribution in [0.25, 0.3) is 0 Å². The molecule has 2 aromatic rings. The second-order valence-electron chi connectivity index (χ2n) is 5.28. The van der Waals surface area contributed by atoms with Crippen molar-refractivity contribution >= 4 is 15.9 Å². The highest BCUT2D eigenvalue weighted by Gasteiger charge is 2.15. The molecular formula is C16H23BrN4. The Kier molecular flexibility index (Phi) is 5.94. The summed E-state index contributed by atoms with van der Waals surface area (Å²) in [6.45, 7) is 8.26. The van der Waals surface area contributed by atoms with Gasteiger partial charge in [-0.2, -0.15) is 5.10 Å². The van der Waals surface area contributed by atoms with Crippen LogP contribution in [-0.4, -0.2) is 21.3 Å². The Hall–Kier alpha value is -1.20. The summed E-state index contributed by atoms with van der Waals surface area (Å²) in [6.07, 6.45) is 3.57. The van der Waals surface area contributed by atoms with Crippen molar-refractivity contribution in [2.45, 2.75) is 46.2 Å². The fourth-order valence-electron chi connectivity index (χ4n) is 2.55. The third kappa shape index (κ3) is 4.38. The van der Waals surface area contributed by atoms with Crippen LogP contribution in [0.1, 0.15) is 43.3 Å². The smallest absolute Gasteiger partial charge is 0.138 e. The fourth-order valence-corrected chi connectivity index (χ4v) is 3.17. The van der Waals surface area contributed by atoms with E-state index >= 15 is 0 Å². The number of aromatic nitrogens is 3. The average molecular weight is 351 g/mol. The Labute approximate surface area is 135 Å².